The summed E-state index contributed by atoms with van der Waals surface area (Å²) >= 11 is 0. The fourth-order valence-electron chi connectivity index (χ4n) is 1.81. The Hall–Kier alpha value is -0.660. The average Bonchev–Trinajstić information content (AvgIpc) is 2.26. The maximum absolute atomic E-state index is 11.3. The number of hydrogen-bond donors (Lipinski definition) is 0. The molecule has 0 aliphatic heterocycles. The van der Waals surface area contributed by atoms with Crippen molar-refractivity contribution in [3.8, 4) is 0 Å². The second-order valence-corrected chi connectivity index (χ2v) is 4.21. The lowest BCUT2D eigenvalue weighted by Crippen LogP contribution is -2.15. The molecule has 2 heteroatoms. The highest BCUT2D eigenvalue weighted by atomic mass is 16.2. The molecule has 0 fully saturated rings. The van der Waals surface area contributed by atoms with Gasteiger partial charge in [0.1, 0.15) is 0 Å². The number of carbonyl (C=O) groups is 2. The predicted molar refractivity (Wildman–Crippen MR) is 62.8 cm³/mol. The minimum Gasteiger partial charge on any atom is -0.295 e. The van der Waals surface area contributed by atoms with Gasteiger partial charge in [-0.2, -0.15) is 0 Å². The molecule has 0 aliphatic carbocycles. The Balaban J connectivity index is 3.84. The molecule has 0 heterocycles. The summed E-state index contributed by atoms with van der Waals surface area (Å²) < 4.78 is 0. The van der Waals surface area contributed by atoms with Crippen LogP contribution in [-0.4, -0.2) is 12.1 Å². The third-order valence-corrected chi connectivity index (χ3v) is 2.83. The van der Waals surface area contributed by atoms with Crippen molar-refractivity contribution in [2.24, 2.45) is 5.92 Å². The Labute approximate surface area is 93.4 Å². The van der Waals surface area contributed by atoms with Crippen LogP contribution in [0.25, 0.3) is 0 Å². The molecule has 0 unspecified atom stereocenters. The summed E-state index contributed by atoms with van der Waals surface area (Å²) in [7, 11) is 0. The number of ketones is 1. The first kappa shape index (κ1) is 14.3. The molecule has 15 heavy (non-hydrogen) atoms. The van der Waals surface area contributed by atoms with E-state index in [9.17, 15) is 9.59 Å². The van der Waals surface area contributed by atoms with Crippen molar-refractivity contribution in [1.82, 2.24) is 0 Å². The smallest absolute Gasteiger partial charge is 0.198 e. The fraction of sp³-hybridized carbons (Fsp3) is 0.846. The molecule has 0 saturated heterocycles. The molecule has 0 amide bonds. The van der Waals surface area contributed by atoms with Gasteiger partial charge in [-0.3, -0.25) is 9.59 Å². The Morgan fingerprint density at radius 3 is 1.80 bits per heavy atom. The zero-order chi connectivity index (χ0) is 11.5. The highest BCUT2D eigenvalue weighted by molar-refractivity contribution is 6.25. The molecular weight excluding hydrogens is 188 g/mol. The quantitative estimate of drug-likeness (QED) is 0.315. The van der Waals surface area contributed by atoms with E-state index in [4.69, 9.17) is 0 Å². The lowest BCUT2D eigenvalue weighted by molar-refractivity contribution is -0.132. The van der Waals surface area contributed by atoms with Crippen LogP contribution < -0.4 is 0 Å². The number of aldehydes is 1. The van der Waals surface area contributed by atoms with Crippen molar-refractivity contribution < 1.29 is 9.59 Å². The van der Waals surface area contributed by atoms with E-state index in [-0.39, 0.29) is 11.7 Å². The van der Waals surface area contributed by atoms with Crippen LogP contribution in [0.15, 0.2) is 0 Å². The first-order valence-electron chi connectivity index (χ1n) is 6.25. The van der Waals surface area contributed by atoms with Crippen LogP contribution in [0.3, 0.4) is 0 Å². The van der Waals surface area contributed by atoms with Gasteiger partial charge in [-0.25, -0.2) is 0 Å². The van der Waals surface area contributed by atoms with Crippen molar-refractivity contribution in [1.29, 1.82) is 0 Å². The van der Waals surface area contributed by atoms with Gasteiger partial charge in [0, 0.05) is 5.92 Å². The van der Waals surface area contributed by atoms with Crippen LogP contribution in [-0.2, 0) is 9.59 Å². The maximum atomic E-state index is 11.3. The third kappa shape index (κ3) is 7.29. The number of unbranched alkanes of at least 4 members (excludes halogenated alkanes) is 4. The molecule has 0 aromatic heterocycles. The Morgan fingerprint density at radius 1 is 1.00 bits per heavy atom. The summed E-state index contributed by atoms with van der Waals surface area (Å²) in [6.07, 6.45) is 9.10. The summed E-state index contributed by atoms with van der Waals surface area (Å²) in [4.78, 5) is 21.8. The Morgan fingerprint density at radius 2 is 1.47 bits per heavy atom. The van der Waals surface area contributed by atoms with E-state index < -0.39 is 0 Å². The topological polar surface area (TPSA) is 34.1 Å². The molecule has 0 aromatic rings. The standard InChI is InChI=1S/C13H24O2/c1-3-5-7-9-12(13(15)11-14)10-8-6-4-2/h11-12H,3-10H2,1-2H3. The van der Waals surface area contributed by atoms with Crippen LogP contribution >= 0.6 is 0 Å². The minimum absolute atomic E-state index is 0.000556. The van der Waals surface area contributed by atoms with E-state index in [0.29, 0.717) is 6.29 Å². The number of hydrogen-bond acceptors (Lipinski definition) is 2. The van der Waals surface area contributed by atoms with Gasteiger partial charge >= 0.3 is 0 Å². The SMILES string of the molecule is CCCCCC(CCCCC)C(=O)C=O. The van der Waals surface area contributed by atoms with Crippen molar-refractivity contribution in [3.63, 3.8) is 0 Å². The van der Waals surface area contributed by atoms with Gasteiger partial charge in [-0.15, -0.1) is 0 Å². The molecule has 88 valence electrons. The summed E-state index contributed by atoms with van der Waals surface area (Å²) in [6, 6.07) is 0. The van der Waals surface area contributed by atoms with Crippen LogP contribution in [0.5, 0.6) is 0 Å². The largest absolute Gasteiger partial charge is 0.295 e. The third-order valence-electron chi connectivity index (χ3n) is 2.83. The van der Waals surface area contributed by atoms with E-state index in [1.807, 2.05) is 0 Å². The normalized spacial score (nSPS) is 10.6. The van der Waals surface area contributed by atoms with Crippen LogP contribution in [0.1, 0.15) is 65.2 Å². The maximum Gasteiger partial charge on any atom is 0.198 e. The van der Waals surface area contributed by atoms with E-state index in [1.165, 1.54) is 0 Å². The fourth-order valence-corrected chi connectivity index (χ4v) is 1.81. The first-order valence-corrected chi connectivity index (χ1v) is 6.25. The Bertz CT molecular complexity index is 165. The molecule has 0 radical (unpaired) electrons. The van der Waals surface area contributed by atoms with Crippen LogP contribution in [0, 0.1) is 5.92 Å². The van der Waals surface area contributed by atoms with E-state index in [1.54, 1.807) is 0 Å². The van der Waals surface area contributed by atoms with Gasteiger partial charge in [0.25, 0.3) is 0 Å². The second kappa shape index (κ2) is 9.88. The number of Topliss-reactive ketones (excluding diaryl/α,β-unsaturated/α-hetero) is 1. The van der Waals surface area contributed by atoms with E-state index in [2.05, 4.69) is 13.8 Å². The lowest BCUT2D eigenvalue weighted by atomic mass is 9.92. The molecular formula is C13H24O2. The van der Waals surface area contributed by atoms with Crippen LogP contribution in [0.2, 0.25) is 0 Å². The van der Waals surface area contributed by atoms with Gasteiger partial charge in [0.15, 0.2) is 12.1 Å². The zero-order valence-electron chi connectivity index (χ0n) is 10.1. The average molecular weight is 212 g/mol. The summed E-state index contributed by atoms with van der Waals surface area (Å²) in [5, 5.41) is 0. The summed E-state index contributed by atoms with van der Waals surface area (Å²) in [5.41, 5.74) is 0. The molecule has 0 aliphatic rings. The number of rotatable bonds is 10. The molecule has 0 N–H and O–H groups in total. The van der Waals surface area contributed by atoms with E-state index >= 15 is 0 Å². The minimum atomic E-state index is -0.192. The highest BCUT2D eigenvalue weighted by Gasteiger charge is 2.16. The number of carbonyl (C=O) groups excluding carboxylic acids is 2. The molecule has 0 bridgehead atoms. The highest BCUT2D eigenvalue weighted by Crippen LogP contribution is 2.17. The monoisotopic (exact) mass is 212 g/mol. The molecule has 0 rings (SSSR count). The molecule has 0 spiro atoms. The zero-order valence-corrected chi connectivity index (χ0v) is 10.1. The van der Waals surface area contributed by atoms with Gasteiger partial charge in [0.2, 0.25) is 0 Å². The van der Waals surface area contributed by atoms with Crippen molar-refractivity contribution in [2.45, 2.75) is 65.2 Å². The molecule has 2 nitrogen and oxygen atoms in total. The predicted octanol–water partition coefficient (Wildman–Crippen LogP) is 3.53. The first-order chi connectivity index (χ1) is 7.26. The molecule has 0 saturated carbocycles. The van der Waals surface area contributed by atoms with Gasteiger partial charge in [-0.1, -0.05) is 52.4 Å². The summed E-state index contributed by atoms with van der Waals surface area (Å²) in [5.74, 6) is -0.192. The van der Waals surface area contributed by atoms with Crippen molar-refractivity contribution in [2.75, 3.05) is 0 Å². The molecule has 0 aromatic carbocycles. The van der Waals surface area contributed by atoms with Crippen molar-refractivity contribution >= 4 is 12.1 Å². The van der Waals surface area contributed by atoms with Crippen molar-refractivity contribution in [3.05, 3.63) is 0 Å². The second-order valence-electron chi connectivity index (χ2n) is 4.21. The Kier molecular flexibility index (Phi) is 9.44. The van der Waals surface area contributed by atoms with E-state index in [0.717, 1.165) is 51.4 Å². The van der Waals surface area contributed by atoms with Gasteiger partial charge in [-0.05, 0) is 12.8 Å². The summed E-state index contributed by atoms with van der Waals surface area (Å²) in [6.45, 7) is 4.29. The molecule has 0 atom stereocenters. The van der Waals surface area contributed by atoms with Gasteiger partial charge in [0.05, 0.1) is 0 Å². The van der Waals surface area contributed by atoms with Gasteiger partial charge < -0.3 is 0 Å². The lowest BCUT2D eigenvalue weighted by Gasteiger charge is -2.11. The van der Waals surface area contributed by atoms with Crippen LogP contribution in [0.4, 0.5) is 0 Å².